The van der Waals surface area contributed by atoms with E-state index >= 15 is 0 Å². The van der Waals surface area contributed by atoms with Crippen molar-refractivity contribution in [2.45, 2.75) is 70.5 Å². The van der Waals surface area contributed by atoms with Gasteiger partial charge in [-0.05, 0) is 51.7 Å². The van der Waals surface area contributed by atoms with Crippen molar-refractivity contribution in [1.29, 1.82) is 0 Å². The number of aromatic hydroxyl groups is 1. The second kappa shape index (κ2) is 17.3. The topological polar surface area (TPSA) is 227 Å². The maximum absolute atomic E-state index is 13.8. The first-order valence-corrected chi connectivity index (χ1v) is 15.1. The number of aliphatic hydroxyl groups is 1. The number of phenolic OH excluding ortho intramolecular Hbond substituents is 1. The third kappa shape index (κ3) is 10.1. The number of ketones is 2. The molecule has 1 aromatic rings. The molecule has 0 spiro atoms. The number of hydroxylamine groups is 2. The molecule has 0 bridgehead atoms. The van der Waals surface area contributed by atoms with Gasteiger partial charge in [0.2, 0.25) is 30.0 Å². The van der Waals surface area contributed by atoms with Crippen LogP contribution in [-0.2, 0) is 33.5 Å². The molecule has 0 aliphatic carbocycles. The number of nitrogens with zero attached hydrogens (tertiary/aromatic N) is 3. The van der Waals surface area contributed by atoms with Gasteiger partial charge in [0.05, 0.1) is 12.2 Å². The number of ether oxygens (including phenoxy) is 1. The summed E-state index contributed by atoms with van der Waals surface area (Å²) >= 11 is 0. The SMILES string of the molecule is CC(=O)CCNC(=O)[C@H]1CCCNN1C(=O)[C@@H](CCCN(O)C=O)CC(=O)[C@H](CO)NC(=O)[C@@H]1COC(c2cc(C)ccc2O)=N1. The van der Waals surface area contributed by atoms with E-state index in [0.29, 0.717) is 30.0 Å². The number of aryl methyl sites for hydroxylation is 1. The summed E-state index contributed by atoms with van der Waals surface area (Å²) < 4.78 is 5.51. The molecule has 1 saturated heterocycles. The molecule has 6 N–H and O–H groups in total. The quantitative estimate of drug-likeness (QED) is 0.0692. The standard InChI is InChI=1S/C30H42N6O10/c1-18-7-8-25(40)21(13-18)29-34-23(16-46-29)27(42)33-22(15-37)26(41)14-20(5-4-12-35(45)17-38)30(44)36-24(6-3-10-32-36)28(43)31-11-9-19(2)39/h7-8,13,17,20,22-24,32,37,40,45H,3-6,9-12,14-16H2,1-2H3,(H,31,43)(H,33,42)/t20-,22-,23-,24+/m0/s1. The van der Waals surface area contributed by atoms with Crippen LogP contribution < -0.4 is 16.1 Å². The van der Waals surface area contributed by atoms with Crippen molar-refractivity contribution in [3.63, 3.8) is 0 Å². The van der Waals surface area contributed by atoms with Gasteiger partial charge in [0, 0.05) is 38.4 Å². The lowest BCUT2D eigenvalue weighted by Crippen LogP contribution is -2.60. The molecule has 46 heavy (non-hydrogen) atoms. The van der Waals surface area contributed by atoms with E-state index in [4.69, 9.17) is 4.74 Å². The van der Waals surface area contributed by atoms with Crippen LogP contribution in [0.5, 0.6) is 5.75 Å². The van der Waals surface area contributed by atoms with Gasteiger partial charge in [-0.1, -0.05) is 11.6 Å². The van der Waals surface area contributed by atoms with Gasteiger partial charge < -0.3 is 25.6 Å². The molecule has 0 aromatic heterocycles. The number of carbonyl (C=O) groups is 6. The number of rotatable bonds is 17. The van der Waals surface area contributed by atoms with Crippen molar-refractivity contribution in [2.24, 2.45) is 10.9 Å². The van der Waals surface area contributed by atoms with Crippen LogP contribution in [0, 0.1) is 12.8 Å². The molecule has 1 aromatic carbocycles. The Morgan fingerprint density at radius 1 is 1.24 bits per heavy atom. The molecule has 0 saturated carbocycles. The van der Waals surface area contributed by atoms with Gasteiger partial charge in [-0.25, -0.2) is 15.5 Å². The molecule has 1 fully saturated rings. The molecule has 2 heterocycles. The number of hydrazine groups is 1. The molecule has 2 aliphatic rings. The van der Waals surface area contributed by atoms with Gasteiger partial charge in [-0.2, -0.15) is 0 Å². The minimum Gasteiger partial charge on any atom is -0.507 e. The third-order valence-electron chi connectivity index (χ3n) is 7.65. The second-order valence-electron chi connectivity index (χ2n) is 11.3. The summed E-state index contributed by atoms with van der Waals surface area (Å²) in [6.45, 7) is 2.65. The Labute approximate surface area is 266 Å². The van der Waals surface area contributed by atoms with Crippen molar-refractivity contribution >= 4 is 41.6 Å². The van der Waals surface area contributed by atoms with Crippen LogP contribution in [0.2, 0.25) is 0 Å². The minimum absolute atomic E-state index is 0.0303. The second-order valence-corrected chi connectivity index (χ2v) is 11.3. The normalized spacial score (nSPS) is 18.9. The molecule has 16 heteroatoms. The zero-order valence-electron chi connectivity index (χ0n) is 25.9. The number of carbonyl (C=O) groups excluding carboxylic acids is 6. The van der Waals surface area contributed by atoms with Gasteiger partial charge in [-0.15, -0.1) is 0 Å². The number of amides is 4. The summed E-state index contributed by atoms with van der Waals surface area (Å²) in [4.78, 5) is 79.4. The summed E-state index contributed by atoms with van der Waals surface area (Å²) in [5.41, 5.74) is 4.05. The summed E-state index contributed by atoms with van der Waals surface area (Å²) in [5.74, 6) is -3.60. The predicted octanol–water partition coefficient (Wildman–Crippen LogP) is -0.883. The van der Waals surface area contributed by atoms with Crippen LogP contribution in [0.4, 0.5) is 0 Å². The lowest BCUT2D eigenvalue weighted by atomic mass is 9.92. The third-order valence-corrected chi connectivity index (χ3v) is 7.65. The predicted molar refractivity (Wildman–Crippen MR) is 161 cm³/mol. The molecule has 252 valence electrons. The number of Topliss-reactive ketones (excluding diaryl/α,β-unsaturated/α-hetero) is 2. The van der Waals surface area contributed by atoms with E-state index < -0.39 is 60.6 Å². The van der Waals surface area contributed by atoms with Crippen LogP contribution in [0.3, 0.4) is 0 Å². The highest BCUT2D eigenvalue weighted by Crippen LogP contribution is 2.24. The van der Waals surface area contributed by atoms with E-state index in [1.165, 1.54) is 18.0 Å². The Morgan fingerprint density at radius 2 is 2.00 bits per heavy atom. The Hall–Kier alpha value is -4.41. The highest BCUT2D eigenvalue weighted by molar-refractivity contribution is 6.01. The number of benzene rings is 1. The van der Waals surface area contributed by atoms with E-state index in [-0.39, 0.29) is 62.8 Å². The average molecular weight is 647 g/mol. The molecular formula is C30H42N6O10. The van der Waals surface area contributed by atoms with E-state index in [1.54, 1.807) is 12.1 Å². The van der Waals surface area contributed by atoms with Crippen LogP contribution in [0.25, 0.3) is 0 Å². The van der Waals surface area contributed by atoms with E-state index in [1.807, 2.05) is 6.92 Å². The number of hydrogen-bond acceptors (Lipinski definition) is 12. The van der Waals surface area contributed by atoms with Crippen molar-refractivity contribution in [2.75, 3.05) is 32.8 Å². The summed E-state index contributed by atoms with van der Waals surface area (Å²) in [7, 11) is 0. The first-order chi connectivity index (χ1) is 21.9. The largest absolute Gasteiger partial charge is 0.507 e. The molecule has 4 amide bonds. The Morgan fingerprint density at radius 3 is 2.70 bits per heavy atom. The van der Waals surface area contributed by atoms with Crippen molar-refractivity contribution < 1.29 is 48.9 Å². The summed E-state index contributed by atoms with van der Waals surface area (Å²) in [6, 6.07) is 1.46. The van der Waals surface area contributed by atoms with Gasteiger partial charge in [0.1, 0.15) is 30.2 Å². The molecule has 0 unspecified atom stereocenters. The lowest BCUT2D eigenvalue weighted by Gasteiger charge is -2.37. The number of aliphatic hydroxyl groups excluding tert-OH is 1. The fourth-order valence-corrected chi connectivity index (χ4v) is 5.11. The Bertz CT molecular complexity index is 1320. The lowest BCUT2D eigenvalue weighted by molar-refractivity contribution is -0.153. The van der Waals surface area contributed by atoms with Gasteiger partial charge in [0.25, 0.3) is 0 Å². The first-order valence-electron chi connectivity index (χ1n) is 15.1. The fraction of sp³-hybridized carbons (Fsp3) is 0.567. The van der Waals surface area contributed by atoms with E-state index in [0.717, 1.165) is 5.56 Å². The first kappa shape index (κ1) is 36.1. The monoisotopic (exact) mass is 646 g/mol. The zero-order chi connectivity index (χ0) is 33.8. The van der Waals surface area contributed by atoms with Crippen molar-refractivity contribution in [3.8, 4) is 5.75 Å². The number of aliphatic imine (C=N–C) groups is 1. The van der Waals surface area contributed by atoms with Gasteiger partial charge in [0.15, 0.2) is 11.8 Å². The number of hydrogen-bond donors (Lipinski definition) is 6. The van der Waals surface area contributed by atoms with Gasteiger partial charge >= 0.3 is 0 Å². The fourth-order valence-electron chi connectivity index (χ4n) is 5.11. The molecule has 3 rings (SSSR count). The molecule has 0 radical (unpaired) electrons. The molecule has 2 aliphatic heterocycles. The highest BCUT2D eigenvalue weighted by atomic mass is 16.5. The van der Waals surface area contributed by atoms with Crippen LogP contribution in [0.15, 0.2) is 23.2 Å². The Kier molecular flexibility index (Phi) is 13.6. The smallest absolute Gasteiger partial charge is 0.249 e. The molecular weight excluding hydrogens is 604 g/mol. The Balaban J connectivity index is 1.71. The highest BCUT2D eigenvalue weighted by Gasteiger charge is 2.38. The molecule has 4 atom stereocenters. The number of nitrogens with one attached hydrogen (secondary N) is 3. The van der Waals surface area contributed by atoms with E-state index in [9.17, 15) is 44.2 Å². The zero-order valence-corrected chi connectivity index (χ0v) is 25.9. The van der Waals surface area contributed by atoms with E-state index in [2.05, 4.69) is 21.1 Å². The maximum Gasteiger partial charge on any atom is 0.249 e. The van der Waals surface area contributed by atoms with Crippen LogP contribution in [-0.4, -0.2) is 118 Å². The van der Waals surface area contributed by atoms with Crippen molar-refractivity contribution in [1.82, 2.24) is 26.1 Å². The summed E-state index contributed by atoms with van der Waals surface area (Å²) in [6.07, 6.45) is 0.988. The number of phenols is 1. The van der Waals surface area contributed by atoms with Gasteiger partial charge in [-0.3, -0.25) is 39.0 Å². The van der Waals surface area contributed by atoms with Crippen LogP contribution >= 0.6 is 0 Å². The average Bonchev–Trinajstić information content (AvgIpc) is 3.53. The summed E-state index contributed by atoms with van der Waals surface area (Å²) in [5, 5.41) is 36.4. The maximum atomic E-state index is 13.8. The molecule has 16 nitrogen and oxygen atoms in total. The minimum atomic E-state index is -1.39. The van der Waals surface area contributed by atoms with Crippen LogP contribution in [0.1, 0.15) is 56.6 Å². The van der Waals surface area contributed by atoms with Crippen molar-refractivity contribution in [3.05, 3.63) is 29.3 Å².